The topological polar surface area (TPSA) is 108 Å². The molecule has 1 aromatic heterocycles. The summed E-state index contributed by atoms with van der Waals surface area (Å²) < 4.78 is 0. The quantitative estimate of drug-likeness (QED) is 0.674. The van der Waals surface area contributed by atoms with Crippen molar-refractivity contribution in [1.82, 2.24) is 9.88 Å². The number of aromatic nitrogens is 1. The van der Waals surface area contributed by atoms with Crippen molar-refractivity contribution in [1.29, 1.82) is 0 Å². The molecule has 0 bridgehead atoms. The number of carbonyl (C=O) groups excluding carboxylic acids is 1. The molecule has 0 saturated heterocycles. The predicted octanol–water partition coefficient (Wildman–Crippen LogP) is 2.71. The van der Waals surface area contributed by atoms with E-state index < -0.39 is 11.9 Å². The average Bonchev–Trinajstić information content (AvgIpc) is 2.72. The Labute approximate surface area is 161 Å². The Hall–Kier alpha value is -3.74. The van der Waals surface area contributed by atoms with E-state index in [-0.39, 0.29) is 5.91 Å². The fourth-order valence-electron chi connectivity index (χ4n) is 2.55. The minimum atomic E-state index is -1.82. The predicted molar refractivity (Wildman–Crippen MR) is 104 cm³/mol. The summed E-state index contributed by atoms with van der Waals surface area (Å²) in [5.41, 5.74) is 1.75. The zero-order chi connectivity index (χ0) is 20.5. The van der Waals surface area contributed by atoms with Crippen molar-refractivity contribution < 1.29 is 24.6 Å². The lowest BCUT2D eigenvalue weighted by atomic mass is 10.0. The minimum Gasteiger partial charge on any atom is -0.473 e. The Balaban J connectivity index is 0.000000409. The summed E-state index contributed by atoms with van der Waals surface area (Å²) >= 11 is 0. The van der Waals surface area contributed by atoms with Gasteiger partial charge in [-0.15, -0.1) is 0 Å². The Morgan fingerprint density at radius 1 is 0.893 bits per heavy atom. The first-order chi connectivity index (χ1) is 13.4. The summed E-state index contributed by atoms with van der Waals surface area (Å²) in [4.78, 5) is 36.9. The van der Waals surface area contributed by atoms with Crippen molar-refractivity contribution in [2.24, 2.45) is 0 Å². The number of fused-ring (bicyclic) bond motifs is 1. The monoisotopic (exact) mass is 380 g/mol. The number of hydrogen-bond donors (Lipinski definition) is 2. The van der Waals surface area contributed by atoms with E-state index in [0.717, 1.165) is 28.5 Å². The largest absolute Gasteiger partial charge is 0.473 e. The third kappa shape index (κ3) is 5.63. The molecule has 0 aliphatic heterocycles. The van der Waals surface area contributed by atoms with Gasteiger partial charge in [0.1, 0.15) is 0 Å². The number of hydrogen-bond acceptors (Lipinski definition) is 4. The molecule has 2 N–H and O–H groups in total. The first-order valence-electron chi connectivity index (χ1n) is 8.49. The number of likely N-dealkylation sites (N-methyl/N-ethyl adjacent to an activating group) is 1. The molecule has 0 spiro atoms. The van der Waals surface area contributed by atoms with E-state index in [2.05, 4.69) is 4.98 Å². The van der Waals surface area contributed by atoms with Gasteiger partial charge in [0.25, 0.3) is 5.91 Å². The number of nitrogens with zero attached hydrogens (tertiary/aromatic N) is 2. The molecular formula is C21H20N2O5. The Morgan fingerprint density at radius 3 is 2.18 bits per heavy atom. The van der Waals surface area contributed by atoms with Crippen LogP contribution in [-0.4, -0.2) is 51.5 Å². The summed E-state index contributed by atoms with van der Waals surface area (Å²) in [6.45, 7) is 0.652. The van der Waals surface area contributed by atoms with Gasteiger partial charge in [0, 0.05) is 37.5 Å². The van der Waals surface area contributed by atoms with Crippen molar-refractivity contribution in [3.63, 3.8) is 0 Å². The summed E-state index contributed by atoms with van der Waals surface area (Å²) in [6.07, 6.45) is 2.54. The van der Waals surface area contributed by atoms with Crippen LogP contribution in [0.3, 0.4) is 0 Å². The van der Waals surface area contributed by atoms with Crippen LogP contribution in [0.2, 0.25) is 0 Å². The standard InChI is InChI=1S/C19H18N2O.C2H2O4/c1-21(14-12-16-9-4-5-13-20-16)19(22)18-11-6-8-15-7-2-3-10-17(15)18;3-1(4)2(5)6/h2-11,13H,12,14H2,1H3;(H,3,4)(H,5,6). The first-order valence-corrected chi connectivity index (χ1v) is 8.49. The highest BCUT2D eigenvalue weighted by molar-refractivity contribution is 6.27. The summed E-state index contributed by atoms with van der Waals surface area (Å²) in [5, 5.41) is 16.9. The number of benzene rings is 2. The molecule has 0 saturated carbocycles. The van der Waals surface area contributed by atoms with Crippen LogP contribution in [0, 0.1) is 0 Å². The Bertz CT molecular complexity index is 955. The van der Waals surface area contributed by atoms with Crippen molar-refractivity contribution in [2.75, 3.05) is 13.6 Å². The summed E-state index contributed by atoms with van der Waals surface area (Å²) in [7, 11) is 1.84. The molecule has 0 aliphatic rings. The summed E-state index contributed by atoms with van der Waals surface area (Å²) in [5.74, 6) is -3.60. The van der Waals surface area contributed by atoms with Gasteiger partial charge >= 0.3 is 11.9 Å². The second-order valence-electron chi connectivity index (χ2n) is 5.93. The number of pyridine rings is 1. The molecule has 0 fully saturated rings. The fraction of sp³-hybridized carbons (Fsp3) is 0.143. The number of carbonyl (C=O) groups is 3. The van der Waals surface area contributed by atoms with E-state index in [4.69, 9.17) is 19.8 Å². The molecule has 0 aliphatic carbocycles. The zero-order valence-electron chi connectivity index (χ0n) is 15.3. The molecular weight excluding hydrogens is 360 g/mol. The van der Waals surface area contributed by atoms with E-state index in [0.29, 0.717) is 6.54 Å². The van der Waals surface area contributed by atoms with Gasteiger partial charge in [-0.25, -0.2) is 9.59 Å². The van der Waals surface area contributed by atoms with E-state index >= 15 is 0 Å². The third-order valence-electron chi connectivity index (χ3n) is 3.98. The normalized spacial score (nSPS) is 9.89. The Morgan fingerprint density at radius 2 is 1.54 bits per heavy atom. The van der Waals surface area contributed by atoms with Crippen LogP contribution < -0.4 is 0 Å². The molecule has 7 nitrogen and oxygen atoms in total. The molecule has 3 aromatic rings. The maximum Gasteiger partial charge on any atom is 0.414 e. The number of carboxylic acid groups (broad SMARTS) is 2. The van der Waals surface area contributed by atoms with E-state index in [9.17, 15) is 4.79 Å². The molecule has 0 radical (unpaired) electrons. The van der Waals surface area contributed by atoms with E-state index in [1.807, 2.05) is 67.7 Å². The van der Waals surface area contributed by atoms with E-state index in [1.54, 1.807) is 11.1 Å². The fourth-order valence-corrected chi connectivity index (χ4v) is 2.55. The minimum absolute atomic E-state index is 0.0488. The highest BCUT2D eigenvalue weighted by Gasteiger charge is 2.14. The smallest absolute Gasteiger partial charge is 0.414 e. The van der Waals surface area contributed by atoms with E-state index in [1.165, 1.54) is 0 Å². The van der Waals surface area contributed by atoms with Crippen molar-refractivity contribution in [3.05, 3.63) is 78.1 Å². The number of rotatable bonds is 4. The van der Waals surface area contributed by atoms with Gasteiger partial charge in [0.05, 0.1) is 0 Å². The molecule has 1 amide bonds. The maximum absolute atomic E-state index is 12.7. The number of amides is 1. The second kappa shape index (κ2) is 9.82. The molecule has 0 unspecified atom stereocenters. The maximum atomic E-state index is 12.7. The van der Waals surface area contributed by atoms with Crippen LogP contribution in [0.25, 0.3) is 10.8 Å². The van der Waals surface area contributed by atoms with Gasteiger partial charge < -0.3 is 15.1 Å². The van der Waals surface area contributed by atoms with Crippen molar-refractivity contribution >= 4 is 28.6 Å². The van der Waals surface area contributed by atoms with Gasteiger partial charge in [-0.05, 0) is 29.0 Å². The molecule has 28 heavy (non-hydrogen) atoms. The highest BCUT2D eigenvalue weighted by atomic mass is 16.4. The van der Waals surface area contributed by atoms with Crippen LogP contribution in [0.4, 0.5) is 0 Å². The van der Waals surface area contributed by atoms with Crippen LogP contribution >= 0.6 is 0 Å². The number of aliphatic carboxylic acids is 2. The van der Waals surface area contributed by atoms with Gasteiger partial charge in [-0.3, -0.25) is 9.78 Å². The first kappa shape index (κ1) is 20.6. The van der Waals surface area contributed by atoms with Crippen LogP contribution in [0.1, 0.15) is 16.1 Å². The average molecular weight is 380 g/mol. The SMILES string of the molecule is CN(CCc1ccccn1)C(=O)c1cccc2ccccc12.O=C(O)C(=O)O. The van der Waals surface area contributed by atoms with Gasteiger partial charge in [-0.2, -0.15) is 0 Å². The molecule has 7 heteroatoms. The molecule has 0 atom stereocenters. The van der Waals surface area contributed by atoms with Gasteiger partial charge in [-0.1, -0.05) is 42.5 Å². The lowest BCUT2D eigenvalue weighted by molar-refractivity contribution is -0.159. The lowest BCUT2D eigenvalue weighted by Crippen LogP contribution is -2.29. The molecule has 3 rings (SSSR count). The van der Waals surface area contributed by atoms with Crippen molar-refractivity contribution in [3.8, 4) is 0 Å². The van der Waals surface area contributed by atoms with Gasteiger partial charge in [0.2, 0.25) is 0 Å². The Kier molecular flexibility index (Phi) is 7.21. The van der Waals surface area contributed by atoms with Crippen LogP contribution in [0.15, 0.2) is 66.9 Å². The van der Waals surface area contributed by atoms with Gasteiger partial charge in [0.15, 0.2) is 0 Å². The number of carboxylic acids is 2. The molecule has 2 aromatic carbocycles. The summed E-state index contributed by atoms with van der Waals surface area (Å²) in [6, 6.07) is 19.7. The van der Waals surface area contributed by atoms with Crippen LogP contribution in [0.5, 0.6) is 0 Å². The molecule has 144 valence electrons. The molecule has 1 heterocycles. The second-order valence-corrected chi connectivity index (χ2v) is 5.93. The lowest BCUT2D eigenvalue weighted by Gasteiger charge is -2.18. The highest BCUT2D eigenvalue weighted by Crippen LogP contribution is 2.19. The van der Waals surface area contributed by atoms with Crippen LogP contribution in [-0.2, 0) is 16.0 Å². The van der Waals surface area contributed by atoms with Crippen molar-refractivity contribution in [2.45, 2.75) is 6.42 Å². The zero-order valence-corrected chi connectivity index (χ0v) is 15.3. The third-order valence-corrected chi connectivity index (χ3v) is 3.98.